The minimum atomic E-state index is -0.151. The third-order valence-corrected chi connectivity index (χ3v) is 3.33. The number of carbonyl (C=O) groups is 1. The van der Waals surface area contributed by atoms with Crippen molar-refractivity contribution < 1.29 is 14.3 Å². The lowest BCUT2D eigenvalue weighted by molar-refractivity contribution is -0.123. The van der Waals surface area contributed by atoms with E-state index in [9.17, 15) is 4.79 Å². The Labute approximate surface area is 131 Å². The number of methoxy groups -OCH3 is 1. The first-order valence-electron chi connectivity index (χ1n) is 7.32. The van der Waals surface area contributed by atoms with Crippen LogP contribution in [0.4, 0.5) is 0 Å². The summed E-state index contributed by atoms with van der Waals surface area (Å²) in [6.45, 7) is 2.56. The van der Waals surface area contributed by atoms with Gasteiger partial charge in [0.05, 0.1) is 7.11 Å². The van der Waals surface area contributed by atoms with Gasteiger partial charge in [0.15, 0.2) is 6.61 Å². The highest BCUT2D eigenvalue weighted by Crippen LogP contribution is 2.13. The van der Waals surface area contributed by atoms with E-state index in [1.807, 2.05) is 48.5 Å². The van der Waals surface area contributed by atoms with Crippen molar-refractivity contribution in [3.63, 3.8) is 0 Å². The Hall–Kier alpha value is -2.49. The minimum absolute atomic E-state index is 0.00937. The van der Waals surface area contributed by atoms with Crippen LogP contribution in [0.2, 0.25) is 0 Å². The van der Waals surface area contributed by atoms with Crippen LogP contribution in [0.3, 0.4) is 0 Å². The second-order valence-electron chi connectivity index (χ2n) is 4.91. The van der Waals surface area contributed by atoms with Crippen molar-refractivity contribution in [2.75, 3.05) is 13.7 Å². The zero-order chi connectivity index (χ0) is 15.8. The van der Waals surface area contributed by atoms with Crippen molar-refractivity contribution in [1.29, 1.82) is 0 Å². The Morgan fingerprint density at radius 3 is 2.50 bits per heavy atom. The normalized spacial score (nSPS) is 10.1. The van der Waals surface area contributed by atoms with Crippen molar-refractivity contribution in [3.05, 3.63) is 59.7 Å². The third kappa shape index (κ3) is 4.81. The van der Waals surface area contributed by atoms with E-state index >= 15 is 0 Å². The van der Waals surface area contributed by atoms with Crippen LogP contribution in [-0.2, 0) is 17.8 Å². The smallest absolute Gasteiger partial charge is 0.258 e. The lowest BCUT2D eigenvalue weighted by atomic mass is 10.2. The highest BCUT2D eigenvalue weighted by Gasteiger charge is 2.03. The van der Waals surface area contributed by atoms with Crippen molar-refractivity contribution in [2.45, 2.75) is 19.9 Å². The lowest BCUT2D eigenvalue weighted by Gasteiger charge is -2.09. The Kier molecular flexibility index (Phi) is 5.83. The minimum Gasteiger partial charge on any atom is -0.497 e. The van der Waals surface area contributed by atoms with E-state index < -0.39 is 0 Å². The number of ether oxygens (including phenoxy) is 2. The summed E-state index contributed by atoms with van der Waals surface area (Å²) in [4.78, 5) is 11.8. The van der Waals surface area contributed by atoms with Crippen LogP contribution >= 0.6 is 0 Å². The molecule has 0 fully saturated rings. The molecule has 4 heteroatoms. The summed E-state index contributed by atoms with van der Waals surface area (Å²) in [5.41, 5.74) is 2.23. The Bertz CT molecular complexity index is 608. The highest BCUT2D eigenvalue weighted by atomic mass is 16.5. The molecule has 0 unspecified atom stereocenters. The van der Waals surface area contributed by atoms with Crippen LogP contribution in [0.5, 0.6) is 11.5 Å². The second-order valence-corrected chi connectivity index (χ2v) is 4.91. The van der Waals surface area contributed by atoms with E-state index in [1.54, 1.807) is 7.11 Å². The van der Waals surface area contributed by atoms with Crippen LogP contribution < -0.4 is 14.8 Å². The molecule has 0 saturated carbocycles. The molecule has 22 heavy (non-hydrogen) atoms. The van der Waals surface area contributed by atoms with Crippen molar-refractivity contribution in [3.8, 4) is 11.5 Å². The molecule has 0 heterocycles. The van der Waals surface area contributed by atoms with Crippen molar-refractivity contribution >= 4 is 5.91 Å². The molecule has 0 aliphatic carbocycles. The van der Waals surface area contributed by atoms with Gasteiger partial charge in [0.25, 0.3) is 5.91 Å². The molecule has 0 saturated heterocycles. The maximum Gasteiger partial charge on any atom is 0.258 e. The van der Waals surface area contributed by atoms with Gasteiger partial charge in [-0.25, -0.2) is 0 Å². The average molecular weight is 299 g/mol. The monoisotopic (exact) mass is 299 g/mol. The first kappa shape index (κ1) is 15.9. The topological polar surface area (TPSA) is 47.6 Å². The van der Waals surface area contributed by atoms with Gasteiger partial charge in [0, 0.05) is 6.54 Å². The SMILES string of the molecule is CCc1ccc(OCC(=O)NCc2cccc(OC)c2)cc1. The molecule has 0 bridgehead atoms. The second kappa shape index (κ2) is 8.08. The predicted molar refractivity (Wildman–Crippen MR) is 86.2 cm³/mol. The van der Waals surface area contributed by atoms with Crippen LogP contribution in [0.1, 0.15) is 18.1 Å². The molecule has 0 radical (unpaired) electrons. The van der Waals surface area contributed by atoms with Crippen molar-refractivity contribution in [2.24, 2.45) is 0 Å². The maximum atomic E-state index is 11.8. The quantitative estimate of drug-likeness (QED) is 0.855. The van der Waals surface area contributed by atoms with Gasteiger partial charge in [-0.3, -0.25) is 4.79 Å². The molecule has 116 valence electrons. The van der Waals surface area contributed by atoms with Crippen LogP contribution in [-0.4, -0.2) is 19.6 Å². The summed E-state index contributed by atoms with van der Waals surface area (Å²) in [7, 11) is 1.62. The molecule has 2 aromatic rings. The van der Waals surface area contributed by atoms with Crippen LogP contribution in [0, 0.1) is 0 Å². The van der Waals surface area contributed by atoms with Gasteiger partial charge in [-0.05, 0) is 41.8 Å². The summed E-state index contributed by atoms with van der Waals surface area (Å²) >= 11 is 0. The number of hydrogen-bond donors (Lipinski definition) is 1. The van der Waals surface area contributed by atoms with E-state index in [4.69, 9.17) is 9.47 Å². The van der Waals surface area contributed by atoms with Gasteiger partial charge < -0.3 is 14.8 Å². The van der Waals surface area contributed by atoms with E-state index in [0.717, 1.165) is 17.7 Å². The van der Waals surface area contributed by atoms with Gasteiger partial charge in [-0.2, -0.15) is 0 Å². The van der Waals surface area contributed by atoms with Gasteiger partial charge in [0.2, 0.25) is 0 Å². The fourth-order valence-electron chi connectivity index (χ4n) is 2.00. The first-order chi connectivity index (χ1) is 10.7. The van der Waals surface area contributed by atoms with Crippen molar-refractivity contribution in [1.82, 2.24) is 5.32 Å². The molecule has 1 amide bonds. The summed E-state index contributed by atoms with van der Waals surface area (Å²) in [6, 6.07) is 15.4. The highest BCUT2D eigenvalue weighted by molar-refractivity contribution is 5.77. The zero-order valence-corrected chi connectivity index (χ0v) is 13.0. The molecule has 4 nitrogen and oxygen atoms in total. The molecule has 0 spiro atoms. The maximum absolute atomic E-state index is 11.8. The molecule has 0 atom stereocenters. The Morgan fingerprint density at radius 2 is 1.82 bits per heavy atom. The molecule has 0 aliphatic rings. The fourth-order valence-corrected chi connectivity index (χ4v) is 2.00. The average Bonchev–Trinajstić information content (AvgIpc) is 2.58. The van der Waals surface area contributed by atoms with E-state index in [-0.39, 0.29) is 12.5 Å². The number of nitrogens with one attached hydrogen (secondary N) is 1. The fraction of sp³-hybridized carbons (Fsp3) is 0.278. The Balaban J connectivity index is 1.77. The van der Waals surface area contributed by atoms with Gasteiger partial charge in [0.1, 0.15) is 11.5 Å². The predicted octanol–water partition coefficient (Wildman–Crippen LogP) is 2.95. The number of carbonyl (C=O) groups excluding carboxylic acids is 1. The van der Waals surface area contributed by atoms with E-state index in [0.29, 0.717) is 12.3 Å². The molecule has 2 rings (SSSR count). The number of rotatable bonds is 7. The zero-order valence-electron chi connectivity index (χ0n) is 13.0. The largest absolute Gasteiger partial charge is 0.497 e. The third-order valence-electron chi connectivity index (χ3n) is 3.33. The number of hydrogen-bond acceptors (Lipinski definition) is 3. The molecule has 0 aliphatic heterocycles. The molecule has 0 aromatic heterocycles. The summed E-state index contributed by atoms with van der Waals surface area (Å²) < 4.78 is 10.6. The van der Waals surface area contributed by atoms with E-state index in [2.05, 4.69) is 12.2 Å². The molecule has 2 aromatic carbocycles. The molecule has 1 N–H and O–H groups in total. The van der Waals surface area contributed by atoms with Gasteiger partial charge >= 0.3 is 0 Å². The van der Waals surface area contributed by atoms with Gasteiger partial charge in [-0.15, -0.1) is 0 Å². The van der Waals surface area contributed by atoms with Crippen LogP contribution in [0.25, 0.3) is 0 Å². The summed E-state index contributed by atoms with van der Waals surface area (Å²) in [6.07, 6.45) is 0.987. The summed E-state index contributed by atoms with van der Waals surface area (Å²) in [5.74, 6) is 1.33. The number of aryl methyl sites for hydroxylation is 1. The van der Waals surface area contributed by atoms with Crippen LogP contribution in [0.15, 0.2) is 48.5 Å². The first-order valence-corrected chi connectivity index (χ1v) is 7.32. The number of benzene rings is 2. The summed E-state index contributed by atoms with van der Waals surface area (Å²) in [5, 5.41) is 2.82. The molecular weight excluding hydrogens is 278 g/mol. The number of amides is 1. The lowest BCUT2D eigenvalue weighted by Crippen LogP contribution is -2.28. The van der Waals surface area contributed by atoms with Gasteiger partial charge in [-0.1, -0.05) is 31.2 Å². The Morgan fingerprint density at radius 1 is 1.05 bits per heavy atom. The van der Waals surface area contributed by atoms with E-state index in [1.165, 1.54) is 5.56 Å². The standard InChI is InChI=1S/C18H21NO3/c1-3-14-7-9-16(10-8-14)22-13-18(20)19-12-15-5-4-6-17(11-15)21-2/h4-11H,3,12-13H2,1-2H3,(H,19,20). The molecular formula is C18H21NO3.